The Balaban J connectivity index is 1.48. The topological polar surface area (TPSA) is 52.1 Å². The third kappa shape index (κ3) is 5.76. The van der Waals surface area contributed by atoms with Crippen molar-refractivity contribution in [2.24, 2.45) is 4.99 Å². The minimum atomic E-state index is 0.398. The first-order chi connectivity index (χ1) is 12.7. The predicted octanol–water partition coefficient (Wildman–Crippen LogP) is 1.81. The van der Waals surface area contributed by atoms with Crippen molar-refractivity contribution in [3.63, 3.8) is 0 Å². The molecule has 2 saturated heterocycles. The van der Waals surface area contributed by atoms with Crippen LogP contribution in [-0.2, 0) is 4.74 Å². The lowest BCUT2D eigenvalue weighted by atomic mass is 10.3. The Morgan fingerprint density at radius 3 is 2.92 bits per heavy atom. The largest absolute Gasteiger partial charge is 0.379 e. The Morgan fingerprint density at radius 1 is 1.31 bits per heavy atom. The molecule has 2 aliphatic rings. The molecule has 144 valence electrons. The average Bonchev–Trinajstić information content (AvgIpc) is 3.11. The number of aliphatic imine (C=N–C) groups is 1. The van der Waals surface area contributed by atoms with Crippen molar-refractivity contribution in [3.8, 4) is 0 Å². The molecular formula is C19H30ClN5O. The Hall–Kier alpha value is -1.50. The van der Waals surface area contributed by atoms with Crippen molar-refractivity contribution >= 4 is 23.2 Å². The van der Waals surface area contributed by atoms with Crippen LogP contribution >= 0.6 is 11.6 Å². The molecule has 1 unspecified atom stereocenters. The summed E-state index contributed by atoms with van der Waals surface area (Å²) in [6.45, 7) is 10.5. The SMILES string of the molecule is CCNC(=NCCN1CCOCC1)NC1CCN(c2cccc(Cl)c2)C1. The van der Waals surface area contributed by atoms with E-state index < -0.39 is 0 Å². The number of ether oxygens (including phenoxy) is 1. The molecule has 0 radical (unpaired) electrons. The van der Waals surface area contributed by atoms with Gasteiger partial charge in [-0.05, 0) is 31.5 Å². The third-order valence-electron chi connectivity index (χ3n) is 4.84. The highest BCUT2D eigenvalue weighted by Crippen LogP contribution is 2.23. The second kappa shape index (κ2) is 10.00. The Kier molecular flexibility index (Phi) is 7.41. The zero-order valence-electron chi connectivity index (χ0n) is 15.6. The number of hydrogen-bond acceptors (Lipinski definition) is 4. The van der Waals surface area contributed by atoms with Gasteiger partial charge in [-0.2, -0.15) is 0 Å². The molecule has 2 fully saturated rings. The molecule has 1 aromatic rings. The molecule has 7 heteroatoms. The van der Waals surface area contributed by atoms with Crippen LogP contribution in [0.25, 0.3) is 0 Å². The number of nitrogens with one attached hydrogen (secondary N) is 2. The molecule has 0 spiro atoms. The van der Waals surface area contributed by atoms with Gasteiger partial charge in [-0.15, -0.1) is 0 Å². The molecule has 6 nitrogen and oxygen atoms in total. The molecule has 1 atom stereocenters. The predicted molar refractivity (Wildman–Crippen MR) is 108 cm³/mol. The number of anilines is 1. The molecule has 2 N–H and O–H groups in total. The minimum absolute atomic E-state index is 0.398. The molecule has 2 heterocycles. The fraction of sp³-hybridized carbons (Fsp3) is 0.632. The lowest BCUT2D eigenvalue weighted by molar-refractivity contribution is 0.0394. The molecule has 0 amide bonds. The quantitative estimate of drug-likeness (QED) is 0.583. The van der Waals surface area contributed by atoms with Crippen LogP contribution in [0.1, 0.15) is 13.3 Å². The lowest BCUT2D eigenvalue weighted by Gasteiger charge is -2.26. The number of nitrogens with zero attached hydrogens (tertiary/aromatic N) is 3. The number of halogens is 1. The minimum Gasteiger partial charge on any atom is -0.379 e. The maximum absolute atomic E-state index is 6.12. The van der Waals surface area contributed by atoms with Gasteiger partial charge < -0.3 is 20.3 Å². The van der Waals surface area contributed by atoms with Gasteiger partial charge in [0, 0.05) is 56.0 Å². The Labute approximate surface area is 161 Å². The van der Waals surface area contributed by atoms with Crippen LogP contribution in [0.5, 0.6) is 0 Å². The van der Waals surface area contributed by atoms with Crippen LogP contribution in [0.15, 0.2) is 29.3 Å². The summed E-state index contributed by atoms with van der Waals surface area (Å²) in [4.78, 5) is 9.54. The smallest absolute Gasteiger partial charge is 0.191 e. The van der Waals surface area contributed by atoms with E-state index in [0.29, 0.717) is 6.04 Å². The van der Waals surface area contributed by atoms with E-state index in [1.165, 1.54) is 5.69 Å². The van der Waals surface area contributed by atoms with E-state index >= 15 is 0 Å². The van der Waals surface area contributed by atoms with Gasteiger partial charge in [0.25, 0.3) is 0 Å². The fourth-order valence-electron chi connectivity index (χ4n) is 3.43. The van der Waals surface area contributed by atoms with Gasteiger partial charge in [-0.25, -0.2) is 0 Å². The van der Waals surface area contributed by atoms with E-state index in [4.69, 9.17) is 21.3 Å². The summed E-state index contributed by atoms with van der Waals surface area (Å²) in [5.74, 6) is 0.915. The van der Waals surface area contributed by atoms with Crippen molar-refractivity contribution in [3.05, 3.63) is 29.3 Å². The van der Waals surface area contributed by atoms with Crippen molar-refractivity contribution in [2.75, 3.05) is 63.9 Å². The zero-order valence-corrected chi connectivity index (χ0v) is 16.3. The number of hydrogen-bond donors (Lipinski definition) is 2. The van der Waals surface area contributed by atoms with E-state index in [1.807, 2.05) is 18.2 Å². The van der Waals surface area contributed by atoms with Crippen LogP contribution in [0.3, 0.4) is 0 Å². The second-order valence-corrected chi connectivity index (χ2v) is 7.21. The van der Waals surface area contributed by atoms with E-state index in [1.54, 1.807) is 0 Å². The van der Waals surface area contributed by atoms with Crippen LogP contribution in [0.4, 0.5) is 5.69 Å². The summed E-state index contributed by atoms with van der Waals surface area (Å²) in [6.07, 6.45) is 1.10. The monoisotopic (exact) mass is 379 g/mol. The number of benzene rings is 1. The van der Waals surface area contributed by atoms with E-state index in [-0.39, 0.29) is 0 Å². The van der Waals surface area contributed by atoms with Crippen molar-refractivity contribution in [1.29, 1.82) is 0 Å². The normalized spacial score (nSPS) is 21.8. The molecule has 0 saturated carbocycles. The first-order valence-corrected chi connectivity index (χ1v) is 9.98. The van der Waals surface area contributed by atoms with Crippen LogP contribution in [0.2, 0.25) is 5.02 Å². The van der Waals surface area contributed by atoms with Gasteiger partial charge in [0.05, 0.1) is 19.8 Å². The standard InChI is InChI=1S/C19H30ClN5O/c1-2-21-19(22-7-9-24-10-12-26-13-11-24)23-17-6-8-25(15-17)18-5-3-4-16(20)14-18/h3-5,14,17H,2,6-13,15H2,1H3,(H2,21,22,23). The maximum atomic E-state index is 6.12. The van der Waals surface area contributed by atoms with E-state index in [2.05, 4.69) is 33.4 Å². The zero-order chi connectivity index (χ0) is 18.2. The maximum Gasteiger partial charge on any atom is 0.191 e. The van der Waals surface area contributed by atoms with Crippen LogP contribution in [0, 0.1) is 0 Å². The van der Waals surface area contributed by atoms with Gasteiger partial charge in [-0.3, -0.25) is 9.89 Å². The van der Waals surface area contributed by atoms with Crippen molar-refractivity contribution in [1.82, 2.24) is 15.5 Å². The van der Waals surface area contributed by atoms with E-state index in [9.17, 15) is 0 Å². The molecule has 3 rings (SSSR count). The number of morpholine rings is 1. The van der Waals surface area contributed by atoms with Crippen LogP contribution < -0.4 is 15.5 Å². The van der Waals surface area contributed by atoms with Crippen molar-refractivity contribution < 1.29 is 4.74 Å². The molecule has 0 aromatic heterocycles. The number of guanidine groups is 1. The van der Waals surface area contributed by atoms with Gasteiger partial charge in [-0.1, -0.05) is 17.7 Å². The molecule has 26 heavy (non-hydrogen) atoms. The summed E-state index contributed by atoms with van der Waals surface area (Å²) in [5.41, 5.74) is 1.19. The van der Waals surface area contributed by atoms with Gasteiger partial charge in [0.15, 0.2) is 5.96 Å². The first kappa shape index (κ1) is 19.3. The summed E-state index contributed by atoms with van der Waals surface area (Å²) in [7, 11) is 0. The molecule has 0 aliphatic carbocycles. The Bertz CT molecular complexity index is 591. The highest BCUT2D eigenvalue weighted by molar-refractivity contribution is 6.30. The highest BCUT2D eigenvalue weighted by Gasteiger charge is 2.23. The summed E-state index contributed by atoms with van der Waals surface area (Å²) in [6, 6.07) is 8.48. The number of rotatable bonds is 6. The highest BCUT2D eigenvalue weighted by atomic mass is 35.5. The second-order valence-electron chi connectivity index (χ2n) is 6.77. The first-order valence-electron chi connectivity index (χ1n) is 9.60. The molecule has 2 aliphatic heterocycles. The van der Waals surface area contributed by atoms with Crippen LogP contribution in [-0.4, -0.2) is 75.9 Å². The van der Waals surface area contributed by atoms with Crippen molar-refractivity contribution in [2.45, 2.75) is 19.4 Å². The summed E-state index contributed by atoms with van der Waals surface area (Å²) < 4.78 is 5.39. The summed E-state index contributed by atoms with van der Waals surface area (Å²) in [5, 5.41) is 7.75. The van der Waals surface area contributed by atoms with Gasteiger partial charge >= 0.3 is 0 Å². The molecule has 1 aromatic carbocycles. The molecule has 0 bridgehead atoms. The Morgan fingerprint density at radius 2 is 2.15 bits per heavy atom. The fourth-order valence-corrected chi connectivity index (χ4v) is 3.61. The lowest BCUT2D eigenvalue weighted by Crippen LogP contribution is -2.45. The molecular weight excluding hydrogens is 350 g/mol. The average molecular weight is 380 g/mol. The third-order valence-corrected chi connectivity index (χ3v) is 5.07. The van der Waals surface area contributed by atoms with E-state index in [0.717, 1.165) is 76.4 Å². The summed E-state index contributed by atoms with van der Waals surface area (Å²) >= 11 is 6.12. The van der Waals surface area contributed by atoms with Gasteiger partial charge in [0.2, 0.25) is 0 Å². The van der Waals surface area contributed by atoms with Gasteiger partial charge in [0.1, 0.15) is 0 Å².